The zero-order valence-electron chi connectivity index (χ0n) is 14.6. The second kappa shape index (κ2) is 8.48. The summed E-state index contributed by atoms with van der Waals surface area (Å²) >= 11 is 0. The van der Waals surface area contributed by atoms with Crippen molar-refractivity contribution < 1.29 is 19.3 Å². The molecule has 10 heteroatoms. The number of ether oxygens (including phenoxy) is 2. The summed E-state index contributed by atoms with van der Waals surface area (Å²) < 4.78 is 10.2. The number of anilines is 1. The molecule has 2 rings (SSSR count). The third-order valence-corrected chi connectivity index (χ3v) is 3.81. The monoisotopic (exact) mass is 372 g/mol. The topological polar surface area (TPSA) is 141 Å². The van der Waals surface area contributed by atoms with E-state index < -0.39 is 9.85 Å². The van der Waals surface area contributed by atoms with Crippen molar-refractivity contribution in [3.8, 4) is 17.6 Å². The molecule has 0 unspecified atom stereocenters. The van der Waals surface area contributed by atoms with Gasteiger partial charge in [-0.05, 0) is 24.6 Å². The van der Waals surface area contributed by atoms with Gasteiger partial charge in [0.2, 0.25) is 0 Å². The maximum absolute atomic E-state index is 11.3. The normalized spacial score (nSPS) is 9.96. The third kappa shape index (κ3) is 4.40. The summed E-state index contributed by atoms with van der Waals surface area (Å²) in [7, 11) is 2.80. The van der Waals surface area contributed by atoms with Gasteiger partial charge in [-0.15, -0.1) is 0 Å². The fraction of sp³-hybridized carbons (Fsp3) is 0.235. The summed E-state index contributed by atoms with van der Waals surface area (Å²) in [6.45, 7) is 0.197. The average molecular weight is 372 g/mol. The van der Waals surface area contributed by atoms with Crippen molar-refractivity contribution in [2.24, 2.45) is 0 Å². The molecule has 0 aliphatic heterocycles. The minimum atomic E-state index is -0.595. The quantitative estimate of drug-likeness (QED) is 0.550. The molecule has 0 saturated heterocycles. The van der Waals surface area contributed by atoms with Crippen molar-refractivity contribution in [3.05, 3.63) is 61.7 Å². The van der Waals surface area contributed by atoms with E-state index in [2.05, 4.69) is 5.32 Å². The molecule has 0 spiro atoms. The number of benzene rings is 2. The Balaban J connectivity index is 2.24. The number of rotatable bonds is 8. The van der Waals surface area contributed by atoms with Gasteiger partial charge in [0.25, 0.3) is 11.4 Å². The number of hydrogen-bond donors (Lipinski definition) is 1. The molecule has 2 aromatic rings. The largest absolute Gasteiger partial charge is 0.493 e. The molecule has 0 bridgehead atoms. The van der Waals surface area contributed by atoms with E-state index in [9.17, 15) is 20.2 Å². The molecule has 0 aliphatic carbocycles. The average Bonchev–Trinajstić information content (AvgIpc) is 2.67. The molecule has 0 atom stereocenters. The number of nitriles is 1. The lowest BCUT2D eigenvalue weighted by molar-refractivity contribution is -0.385. The van der Waals surface area contributed by atoms with Gasteiger partial charge in [0.15, 0.2) is 11.5 Å². The summed E-state index contributed by atoms with van der Waals surface area (Å²) in [4.78, 5) is 21.3. The number of nitrogens with one attached hydrogen (secondary N) is 1. The zero-order chi connectivity index (χ0) is 20.0. The highest BCUT2D eigenvalue weighted by molar-refractivity contribution is 5.64. The van der Waals surface area contributed by atoms with Crippen LogP contribution in [0.25, 0.3) is 0 Å². The molecular formula is C17H16N4O6. The Kier molecular flexibility index (Phi) is 6.11. The minimum Gasteiger partial charge on any atom is -0.493 e. The van der Waals surface area contributed by atoms with Crippen molar-refractivity contribution in [1.82, 2.24) is 0 Å². The Morgan fingerprint density at radius 1 is 1.04 bits per heavy atom. The smallest absolute Gasteiger partial charge is 0.293 e. The van der Waals surface area contributed by atoms with E-state index in [0.717, 1.165) is 0 Å². The number of nitrogens with zero attached hydrogens (tertiary/aromatic N) is 3. The van der Waals surface area contributed by atoms with E-state index in [4.69, 9.17) is 14.7 Å². The van der Waals surface area contributed by atoms with Crippen LogP contribution >= 0.6 is 0 Å². The first-order valence-electron chi connectivity index (χ1n) is 7.73. The molecule has 0 saturated carbocycles. The maximum atomic E-state index is 11.3. The van der Waals surface area contributed by atoms with Gasteiger partial charge in [0.05, 0.1) is 41.8 Å². The van der Waals surface area contributed by atoms with Crippen LogP contribution in [-0.4, -0.2) is 30.6 Å². The minimum absolute atomic E-state index is 0.135. The molecule has 27 heavy (non-hydrogen) atoms. The summed E-state index contributed by atoms with van der Waals surface area (Å²) in [5, 5.41) is 34.2. The molecule has 0 heterocycles. The van der Waals surface area contributed by atoms with Gasteiger partial charge in [-0.25, -0.2) is 0 Å². The summed E-state index contributed by atoms with van der Waals surface area (Å²) in [5.74, 6) is 0.589. The highest BCUT2D eigenvalue weighted by atomic mass is 16.6. The Hall–Kier alpha value is -3.87. The van der Waals surface area contributed by atoms with Gasteiger partial charge >= 0.3 is 0 Å². The van der Waals surface area contributed by atoms with Crippen molar-refractivity contribution >= 4 is 17.1 Å². The van der Waals surface area contributed by atoms with Crippen LogP contribution in [0.15, 0.2) is 30.3 Å². The van der Waals surface area contributed by atoms with Gasteiger partial charge < -0.3 is 14.8 Å². The standard InChI is InChI=1S/C17H16N4O6/c1-26-16-8-12(14(20(22)23)9-17(16)27-2)5-6-19-13-4-3-11(10-18)7-15(13)21(24)25/h3-4,7-9,19H,5-6H2,1-2H3. The van der Waals surface area contributed by atoms with Gasteiger partial charge in [0, 0.05) is 18.2 Å². The summed E-state index contributed by atoms with van der Waals surface area (Å²) in [5.41, 5.74) is 0.408. The Morgan fingerprint density at radius 3 is 2.22 bits per heavy atom. The molecule has 0 radical (unpaired) electrons. The van der Waals surface area contributed by atoms with Gasteiger partial charge in [-0.2, -0.15) is 5.26 Å². The third-order valence-electron chi connectivity index (χ3n) is 3.81. The van der Waals surface area contributed by atoms with Crippen molar-refractivity contribution in [2.45, 2.75) is 6.42 Å². The van der Waals surface area contributed by atoms with Crippen molar-refractivity contribution in [3.63, 3.8) is 0 Å². The zero-order valence-corrected chi connectivity index (χ0v) is 14.6. The molecule has 0 fully saturated rings. The van der Waals surface area contributed by atoms with Crippen LogP contribution in [0.4, 0.5) is 17.1 Å². The predicted octanol–water partition coefficient (Wildman–Crippen LogP) is 3.05. The molecule has 140 valence electrons. The molecule has 0 aromatic heterocycles. The summed E-state index contributed by atoms with van der Waals surface area (Å²) in [6.07, 6.45) is 0.216. The van der Waals surface area contributed by atoms with E-state index in [1.54, 1.807) is 0 Å². The number of methoxy groups -OCH3 is 2. The lowest BCUT2D eigenvalue weighted by Crippen LogP contribution is -2.09. The van der Waals surface area contributed by atoms with Crippen molar-refractivity contribution in [2.75, 3.05) is 26.1 Å². The van der Waals surface area contributed by atoms with Crippen LogP contribution in [-0.2, 0) is 6.42 Å². The van der Waals surface area contributed by atoms with E-state index in [1.165, 1.54) is 44.6 Å². The number of hydrogen-bond acceptors (Lipinski definition) is 8. The first kappa shape index (κ1) is 19.5. The molecule has 0 amide bonds. The Bertz CT molecular complexity index is 922. The summed E-state index contributed by atoms with van der Waals surface area (Å²) in [6, 6.07) is 8.67. The first-order chi connectivity index (χ1) is 12.9. The van der Waals surface area contributed by atoms with Crippen LogP contribution < -0.4 is 14.8 Å². The second-order valence-corrected chi connectivity index (χ2v) is 5.37. The molecule has 0 aliphatic rings. The van der Waals surface area contributed by atoms with Crippen LogP contribution in [0, 0.1) is 31.6 Å². The fourth-order valence-electron chi connectivity index (χ4n) is 2.51. The first-order valence-corrected chi connectivity index (χ1v) is 7.73. The highest BCUT2D eigenvalue weighted by Crippen LogP contribution is 2.35. The lowest BCUT2D eigenvalue weighted by Gasteiger charge is -2.11. The van der Waals surface area contributed by atoms with E-state index >= 15 is 0 Å². The predicted molar refractivity (Wildman–Crippen MR) is 96.2 cm³/mol. The van der Waals surface area contributed by atoms with Crippen molar-refractivity contribution in [1.29, 1.82) is 5.26 Å². The van der Waals surface area contributed by atoms with Crippen LogP contribution in [0.3, 0.4) is 0 Å². The van der Waals surface area contributed by atoms with Gasteiger partial charge in [-0.3, -0.25) is 20.2 Å². The van der Waals surface area contributed by atoms with E-state index in [0.29, 0.717) is 11.3 Å². The molecule has 1 N–H and O–H groups in total. The SMILES string of the molecule is COc1cc(CCNc2ccc(C#N)cc2[N+](=O)[O-])c([N+](=O)[O-])cc1OC. The van der Waals surface area contributed by atoms with E-state index in [1.807, 2.05) is 6.07 Å². The molecule has 10 nitrogen and oxygen atoms in total. The number of nitro groups is 2. The molecule has 2 aromatic carbocycles. The maximum Gasteiger partial charge on any atom is 0.293 e. The fourth-order valence-corrected chi connectivity index (χ4v) is 2.51. The highest BCUT2D eigenvalue weighted by Gasteiger charge is 2.20. The Labute approximate surface area is 154 Å². The van der Waals surface area contributed by atoms with Crippen LogP contribution in [0.1, 0.15) is 11.1 Å². The lowest BCUT2D eigenvalue weighted by atomic mass is 10.1. The Morgan fingerprint density at radius 2 is 1.67 bits per heavy atom. The number of nitro benzene ring substituents is 2. The van der Waals surface area contributed by atoms with Crippen LogP contribution in [0.5, 0.6) is 11.5 Å². The van der Waals surface area contributed by atoms with Gasteiger partial charge in [-0.1, -0.05) is 0 Å². The van der Waals surface area contributed by atoms with Crippen LogP contribution in [0.2, 0.25) is 0 Å². The van der Waals surface area contributed by atoms with Gasteiger partial charge in [0.1, 0.15) is 5.69 Å². The van der Waals surface area contributed by atoms with E-state index in [-0.39, 0.29) is 41.3 Å². The second-order valence-electron chi connectivity index (χ2n) is 5.37. The molecular weight excluding hydrogens is 356 g/mol.